The molecule has 1 aromatic carbocycles. The number of anilines is 1. The number of benzene rings is 1. The molecule has 1 fully saturated rings. The normalized spacial score (nSPS) is 21.4. The minimum atomic E-state index is -1.73. The molecule has 0 aromatic heterocycles. The van der Waals surface area contributed by atoms with Crippen LogP contribution in [0.1, 0.15) is 51.0 Å². The average molecular weight is 606 g/mol. The van der Waals surface area contributed by atoms with E-state index >= 15 is 0 Å². The summed E-state index contributed by atoms with van der Waals surface area (Å²) in [6.07, 6.45) is -2.03. The molecule has 43 heavy (non-hydrogen) atoms. The Kier molecular flexibility index (Phi) is 12.2. The fourth-order valence-corrected chi connectivity index (χ4v) is 4.31. The second kappa shape index (κ2) is 15.8. The maximum atomic E-state index is 12.7. The van der Waals surface area contributed by atoms with Crippen molar-refractivity contribution in [2.24, 2.45) is 0 Å². The number of esters is 1. The van der Waals surface area contributed by atoms with E-state index in [0.717, 1.165) is 4.90 Å². The van der Waals surface area contributed by atoms with Crippen LogP contribution in [0.3, 0.4) is 0 Å². The molecule has 2 aliphatic rings. The van der Waals surface area contributed by atoms with Crippen molar-refractivity contribution in [3.05, 3.63) is 35.9 Å². The van der Waals surface area contributed by atoms with E-state index in [4.69, 9.17) is 14.2 Å². The third-order valence-electron chi connectivity index (χ3n) is 6.56. The highest BCUT2D eigenvalue weighted by molar-refractivity contribution is 6.12. The van der Waals surface area contributed by atoms with Crippen LogP contribution < -0.4 is 15.4 Å². The number of carbonyl (C=O) groups is 6. The lowest BCUT2D eigenvalue weighted by molar-refractivity contribution is -0.228. The second-order valence-electron chi connectivity index (χ2n) is 9.97. The molecule has 0 spiro atoms. The average Bonchev–Trinajstić information content (AvgIpc) is 3.26. The Morgan fingerprint density at radius 2 is 1.74 bits per heavy atom. The van der Waals surface area contributed by atoms with Crippen LogP contribution in [0.4, 0.5) is 5.69 Å². The zero-order valence-corrected chi connectivity index (χ0v) is 23.5. The van der Waals surface area contributed by atoms with Crippen molar-refractivity contribution in [1.82, 2.24) is 10.2 Å². The molecule has 4 amide bonds. The molecule has 2 heterocycles. The molecule has 0 saturated carbocycles. The van der Waals surface area contributed by atoms with E-state index in [1.165, 1.54) is 31.2 Å². The summed E-state index contributed by atoms with van der Waals surface area (Å²) in [5.74, 6) is -3.38. The number of aliphatic hydroxyl groups excluding tert-OH is 2. The summed E-state index contributed by atoms with van der Waals surface area (Å²) in [5, 5.41) is 34.5. The Morgan fingerprint density at radius 1 is 1.02 bits per heavy atom. The van der Waals surface area contributed by atoms with Crippen molar-refractivity contribution in [2.75, 3.05) is 18.4 Å². The minimum Gasteiger partial charge on any atom is -0.479 e. The van der Waals surface area contributed by atoms with Crippen molar-refractivity contribution in [3.63, 3.8) is 0 Å². The van der Waals surface area contributed by atoms with Gasteiger partial charge in [-0.25, -0.2) is 4.79 Å². The number of unbranched alkanes of at least 4 members (excludes halogenated alkanes) is 2. The van der Waals surface area contributed by atoms with Gasteiger partial charge in [0.2, 0.25) is 18.1 Å². The molecule has 0 bridgehead atoms. The van der Waals surface area contributed by atoms with Crippen LogP contribution in [0.5, 0.6) is 5.75 Å². The molecule has 5 N–H and O–H groups in total. The van der Waals surface area contributed by atoms with Crippen LogP contribution in [0.25, 0.3) is 0 Å². The zero-order chi connectivity index (χ0) is 31.5. The number of carbonyl (C=O) groups excluding carboxylic acids is 5. The van der Waals surface area contributed by atoms with Crippen molar-refractivity contribution >= 4 is 41.3 Å². The molecule has 1 aromatic rings. The first-order chi connectivity index (χ1) is 20.4. The highest BCUT2D eigenvalue weighted by Crippen LogP contribution is 2.31. The molecule has 15 heteroatoms. The minimum absolute atomic E-state index is 0.0343. The number of carboxylic acid groups (broad SMARTS) is 1. The summed E-state index contributed by atoms with van der Waals surface area (Å²) >= 11 is 0. The fraction of sp³-hybridized carbons (Fsp3) is 0.500. The Labute approximate surface area is 246 Å². The molecule has 234 valence electrons. The Hall–Kier alpha value is -4.34. The molecule has 1 saturated heterocycles. The lowest BCUT2D eigenvalue weighted by atomic mass is 10.0. The maximum absolute atomic E-state index is 12.7. The zero-order valence-electron chi connectivity index (χ0n) is 23.5. The summed E-state index contributed by atoms with van der Waals surface area (Å²) < 4.78 is 16.0. The molecule has 1 unspecified atom stereocenters. The van der Waals surface area contributed by atoms with Gasteiger partial charge in [-0.3, -0.25) is 28.9 Å². The van der Waals surface area contributed by atoms with Crippen LogP contribution in [0, 0.1) is 0 Å². The molecule has 4 atom stereocenters. The molecular formula is C28H35N3O12. The van der Waals surface area contributed by atoms with Gasteiger partial charge in [-0.05, 0) is 30.5 Å². The number of ether oxygens (including phenoxy) is 3. The quantitative estimate of drug-likeness (QED) is 0.101. The predicted molar refractivity (Wildman–Crippen MR) is 146 cm³/mol. The summed E-state index contributed by atoms with van der Waals surface area (Å²) in [6.45, 7) is 1.47. The first kappa shape index (κ1) is 33.2. The highest BCUT2D eigenvalue weighted by atomic mass is 16.7. The maximum Gasteiger partial charge on any atom is 0.335 e. The van der Waals surface area contributed by atoms with E-state index < -0.39 is 42.4 Å². The number of hydrogen-bond acceptors (Lipinski definition) is 11. The smallest absolute Gasteiger partial charge is 0.335 e. The molecule has 15 nitrogen and oxygen atoms in total. The van der Waals surface area contributed by atoms with Gasteiger partial charge in [0, 0.05) is 51.4 Å². The Morgan fingerprint density at radius 3 is 2.42 bits per heavy atom. The van der Waals surface area contributed by atoms with Crippen LogP contribution in [-0.4, -0.2) is 93.5 Å². The van der Waals surface area contributed by atoms with Crippen molar-refractivity contribution in [3.8, 4) is 5.75 Å². The number of imide groups is 1. The van der Waals surface area contributed by atoms with Crippen molar-refractivity contribution in [1.29, 1.82) is 0 Å². The molecule has 3 rings (SSSR count). The van der Waals surface area contributed by atoms with E-state index in [1.807, 2.05) is 0 Å². The molecule has 2 aliphatic heterocycles. The standard InChI is InChI=1S/C28H35N3O12/c1-16(32)41-15-17-6-7-20(42-25-14-19(33)26(38)27(43-25)28(39)40)18(13-17)30-22(35)10-11-29-21(34)5-3-2-4-12-31-23(36)8-9-24(31)37/h6-9,13,19,25-27,33,38H,2-5,10-12,14-15H2,1H3,(H,29,34)(H,30,35)(H,39,40)/t19-,25-,26?,27+/m1/s1. The number of amides is 4. The Bertz CT molecular complexity index is 1230. The van der Waals surface area contributed by atoms with Crippen LogP contribution in [0.2, 0.25) is 0 Å². The van der Waals surface area contributed by atoms with Crippen LogP contribution >= 0.6 is 0 Å². The number of rotatable bonds is 15. The first-order valence-electron chi connectivity index (χ1n) is 13.7. The largest absolute Gasteiger partial charge is 0.479 e. The second-order valence-corrected chi connectivity index (χ2v) is 9.97. The number of aliphatic carboxylic acids is 1. The number of nitrogens with one attached hydrogen (secondary N) is 2. The van der Waals surface area contributed by atoms with Gasteiger partial charge in [-0.1, -0.05) is 12.5 Å². The Balaban J connectivity index is 1.49. The van der Waals surface area contributed by atoms with Gasteiger partial charge in [0.25, 0.3) is 11.8 Å². The van der Waals surface area contributed by atoms with E-state index in [0.29, 0.717) is 24.8 Å². The summed E-state index contributed by atoms with van der Waals surface area (Å²) in [6, 6.07) is 4.48. The van der Waals surface area contributed by atoms with E-state index in [9.17, 15) is 44.1 Å². The van der Waals surface area contributed by atoms with Gasteiger partial charge in [-0.2, -0.15) is 0 Å². The third kappa shape index (κ3) is 10.2. The van der Waals surface area contributed by atoms with Crippen molar-refractivity contribution < 1.29 is 58.3 Å². The summed E-state index contributed by atoms with van der Waals surface area (Å²) in [5.41, 5.74) is 0.645. The van der Waals surface area contributed by atoms with E-state index in [2.05, 4.69) is 10.6 Å². The summed E-state index contributed by atoms with van der Waals surface area (Å²) in [7, 11) is 0. The lowest BCUT2D eigenvalue weighted by Gasteiger charge is -2.35. The molecule has 0 radical (unpaired) electrons. The molecular weight excluding hydrogens is 570 g/mol. The van der Waals surface area contributed by atoms with E-state index in [-0.39, 0.29) is 68.1 Å². The number of aliphatic hydroxyl groups is 2. The van der Waals surface area contributed by atoms with Gasteiger partial charge >= 0.3 is 11.9 Å². The number of carboxylic acids is 1. The van der Waals surface area contributed by atoms with E-state index in [1.54, 1.807) is 6.07 Å². The highest BCUT2D eigenvalue weighted by Gasteiger charge is 2.42. The van der Waals surface area contributed by atoms with Crippen molar-refractivity contribution in [2.45, 2.75) is 76.7 Å². The first-order valence-corrected chi connectivity index (χ1v) is 13.7. The van der Waals surface area contributed by atoms with Gasteiger partial charge in [-0.15, -0.1) is 0 Å². The van der Waals surface area contributed by atoms with Gasteiger partial charge in [0.05, 0.1) is 11.8 Å². The van der Waals surface area contributed by atoms with Crippen LogP contribution in [0.15, 0.2) is 30.4 Å². The summed E-state index contributed by atoms with van der Waals surface area (Å²) in [4.78, 5) is 71.6. The van der Waals surface area contributed by atoms with Gasteiger partial charge in [0.1, 0.15) is 18.5 Å². The predicted octanol–water partition coefficient (Wildman–Crippen LogP) is -0.0199. The fourth-order valence-electron chi connectivity index (χ4n) is 4.31. The van der Waals surface area contributed by atoms with Gasteiger partial charge in [0.15, 0.2) is 6.10 Å². The third-order valence-corrected chi connectivity index (χ3v) is 6.56. The number of nitrogens with zero attached hydrogens (tertiary/aromatic N) is 1. The lowest BCUT2D eigenvalue weighted by Crippen LogP contribution is -2.53. The monoisotopic (exact) mass is 605 g/mol. The SMILES string of the molecule is CC(=O)OCc1ccc(O[C@H]2C[C@@H](O)C(O)[C@@H](C(=O)O)O2)c(NC(=O)CCNC(=O)CCCCCN2C(=O)C=CC2=O)c1. The number of hydrogen-bond donors (Lipinski definition) is 5. The topological polar surface area (TPSA) is 218 Å². The van der Waals surface area contributed by atoms with Gasteiger partial charge < -0.3 is 40.2 Å². The molecule has 0 aliphatic carbocycles. The van der Waals surface area contributed by atoms with Crippen LogP contribution in [-0.2, 0) is 44.8 Å².